The second kappa shape index (κ2) is 21.7. The van der Waals surface area contributed by atoms with Gasteiger partial charge in [-0.25, -0.2) is 4.57 Å². The van der Waals surface area contributed by atoms with Gasteiger partial charge in [0.05, 0.1) is 27.7 Å². The smallest absolute Gasteiger partial charge is 0.462 e. The molecule has 0 radical (unpaired) electrons. The lowest BCUT2D eigenvalue weighted by Gasteiger charge is -2.24. The average Bonchev–Trinajstić information content (AvgIpc) is 2.81. The summed E-state index contributed by atoms with van der Waals surface area (Å²) >= 11 is 0. The van der Waals surface area contributed by atoms with E-state index in [0.717, 1.165) is 64.2 Å². The zero-order chi connectivity index (χ0) is 28.0. The predicted molar refractivity (Wildman–Crippen MR) is 146 cm³/mol. The zero-order valence-electron chi connectivity index (χ0n) is 24.0. The first-order valence-corrected chi connectivity index (χ1v) is 15.4. The molecular weight excluding hydrogens is 497 g/mol. The van der Waals surface area contributed by atoms with Gasteiger partial charge in [0.25, 0.3) is 0 Å². The molecule has 0 fully saturated rings. The van der Waals surface area contributed by atoms with Crippen LogP contribution in [0.5, 0.6) is 0 Å². The summed E-state index contributed by atoms with van der Waals surface area (Å²) in [6.45, 7) is 4.05. The molecule has 0 saturated carbocycles. The van der Waals surface area contributed by atoms with E-state index < -0.39 is 26.5 Å². The number of quaternary nitrogens is 1. The second-order valence-electron chi connectivity index (χ2n) is 10.4. The molecule has 0 spiro atoms. The van der Waals surface area contributed by atoms with E-state index in [9.17, 15) is 19.0 Å². The molecule has 0 amide bonds. The maximum Gasteiger partial charge on any atom is 0.472 e. The molecule has 0 aromatic heterocycles. The highest BCUT2D eigenvalue weighted by atomic mass is 31.2. The molecule has 10 heteroatoms. The van der Waals surface area contributed by atoms with Crippen molar-refractivity contribution in [3.05, 3.63) is 12.2 Å². The van der Waals surface area contributed by atoms with Crippen molar-refractivity contribution >= 4 is 19.8 Å². The lowest BCUT2D eigenvalue weighted by atomic mass is 10.1. The predicted octanol–water partition coefficient (Wildman–Crippen LogP) is 5.95. The van der Waals surface area contributed by atoms with Crippen molar-refractivity contribution in [2.24, 2.45) is 0 Å². The highest BCUT2D eigenvalue weighted by Gasteiger charge is 2.27. The summed E-state index contributed by atoms with van der Waals surface area (Å²) in [6.07, 6.45) is 14.8. The molecule has 0 heterocycles. The van der Waals surface area contributed by atoms with Crippen molar-refractivity contribution in [2.75, 3.05) is 47.5 Å². The fraction of sp³-hybridized carbons (Fsp3) is 0.852. The van der Waals surface area contributed by atoms with E-state index in [4.69, 9.17) is 18.5 Å². The van der Waals surface area contributed by atoms with Crippen LogP contribution in [0.15, 0.2) is 12.2 Å². The number of esters is 2. The Bertz CT molecular complexity index is 678. The van der Waals surface area contributed by atoms with Crippen LogP contribution in [-0.4, -0.2) is 74.9 Å². The number of rotatable bonds is 24. The van der Waals surface area contributed by atoms with Crippen LogP contribution in [0, 0.1) is 0 Å². The molecule has 0 aromatic carbocycles. The quantitative estimate of drug-likeness (QED) is 0.0517. The first-order valence-electron chi connectivity index (χ1n) is 13.9. The summed E-state index contributed by atoms with van der Waals surface area (Å²) in [6, 6.07) is 0. The number of phosphoric acid groups is 1. The molecular formula is C27H53NO8P+. The third-order valence-corrected chi connectivity index (χ3v) is 6.62. The van der Waals surface area contributed by atoms with E-state index in [1.807, 2.05) is 34.1 Å². The standard InChI is InChI=1S/C27H52NO8P/c1-6-8-10-12-13-14-16-18-20-27(30)36-25(23-33-26(29)19-17-15-11-9-7-2)24-35-37(31,32)34-22-21-28(3,4)5/h6,8,25H,7,9-24H2,1-5H3/p+1/b8-6-/t25-/m1/s1. The Labute approximate surface area is 225 Å². The van der Waals surface area contributed by atoms with E-state index in [-0.39, 0.29) is 32.0 Å². The van der Waals surface area contributed by atoms with Crippen LogP contribution < -0.4 is 0 Å². The summed E-state index contributed by atoms with van der Waals surface area (Å²) in [4.78, 5) is 34.4. The Morgan fingerprint density at radius 3 is 2.08 bits per heavy atom. The maximum atomic E-state index is 12.4. The highest BCUT2D eigenvalue weighted by molar-refractivity contribution is 7.47. The first-order chi connectivity index (χ1) is 17.5. The largest absolute Gasteiger partial charge is 0.472 e. The molecule has 218 valence electrons. The number of likely N-dealkylation sites (N-methyl/N-ethyl adjacent to an activating group) is 1. The highest BCUT2D eigenvalue weighted by Crippen LogP contribution is 2.43. The number of ether oxygens (including phenoxy) is 2. The van der Waals surface area contributed by atoms with E-state index in [0.29, 0.717) is 17.4 Å². The van der Waals surface area contributed by atoms with E-state index in [1.54, 1.807) is 0 Å². The number of carbonyl (C=O) groups is 2. The summed E-state index contributed by atoms with van der Waals surface area (Å²) in [5, 5.41) is 0. The van der Waals surface area contributed by atoms with Gasteiger partial charge in [0.15, 0.2) is 6.10 Å². The van der Waals surface area contributed by atoms with E-state index >= 15 is 0 Å². The molecule has 0 aliphatic rings. The molecule has 37 heavy (non-hydrogen) atoms. The number of allylic oxidation sites excluding steroid dienone is 2. The van der Waals surface area contributed by atoms with Gasteiger partial charge >= 0.3 is 19.8 Å². The molecule has 0 aromatic rings. The van der Waals surface area contributed by atoms with Gasteiger partial charge in [0, 0.05) is 12.8 Å². The van der Waals surface area contributed by atoms with Crippen molar-refractivity contribution in [3.63, 3.8) is 0 Å². The molecule has 9 nitrogen and oxygen atoms in total. The van der Waals surface area contributed by atoms with Gasteiger partial charge < -0.3 is 18.9 Å². The lowest BCUT2D eigenvalue weighted by molar-refractivity contribution is -0.870. The van der Waals surface area contributed by atoms with Crippen LogP contribution in [0.25, 0.3) is 0 Å². The number of hydrogen-bond donors (Lipinski definition) is 1. The number of nitrogens with zero attached hydrogens (tertiary/aromatic N) is 1. The molecule has 0 bridgehead atoms. The molecule has 0 aliphatic heterocycles. The van der Waals surface area contributed by atoms with Crippen LogP contribution in [-0.2, 0) is 32.7 Å². The summed E-state index contributed by atoms with van der Waals surface area (Å²) in [5.74, 6) is -0.835. The monoisotopic (exact) mass is 550 g/mol. The van der Waals surface area contributed by atoms with Crippen LogP contribution in [0.1, 0.15) is 97.3 Å². The Hall–Kier alpha value is -1.25. The van der Waals surface area contributed by atoms with Crippen LogP contribution in [0.2, 0.25) is 0 Å². The third-order valence-electron chi connectivity index (χ3n) is 5.64. The Balaban J connectivity index is 4.60. The molecule has 1 N–H and O–H groups in total. The number of hydrogen-bond acceptors (Lipinski definition) is 7. The average molecular weight is 551 g/mol. The van der Waals surface area contributed by atoms with Crippen molar-refractivity contribution in [1.82, 2.24) is 0 Å². The van der Waals surface area contributed by atoms with Gasteiger partial charge in [-0.15, -0.1) is 0 Å². The van der Waals surface area contributed by atoms with Crippen LogP contribution >= 0.6 is 7.82 Å². The molecule has 1 unspecified atom stereocenters. The van der Waals surface area contributed by atoms with E-state index in [1.165, 1.54) is 0 Å². The minimum absolute atomic E-state index is 0.0312. The first kappa shape index (κ1) is 35.8. The minimum atomic E-state index is -4.34. The van der Waals surface area contributed by atoms with Gasteiger partial charge in [-0.3, -0.25) is 18.6 Å². The lowest BCUT2D eigenvalue weighted by Crippen LogP contribution is -2.37. The van der Waals surface area contributed by atoms with Gasteiger partial charge in [-0.05, 0) is 32.6 Å². The van der Waals surface area contributed by atoms with Crippen LogP contribution in [0.3, 0.4) is 0 Å². The number of unbranched alkanes of at least 4 members (excludes halogenated alkanes) is 9. The Morgan fingerprint density at radius 2 is 1.46 bits per heavy atom. The van der Waals surface area contributed by atoms with Gasteiger partial charge in [0.1, 0.15) is 19.8 Å². The summed E-state index contributed by atoms with van der Waals surface area (Å²) < 4.78 is 33.6. The van der Waals surface area contributed by atoms with Gasteiger partial charge in [-0.1, -0.05) is 64.0 Å². The fourth-order valence-corrected chi connectivity index (χ4v) is 4.11. The molecule has 0 rings (SSSR count). The molecule has 0 aliphatic carbocycles. The van der Waals surface area contributed by atoms with Crippen molar-refractivity contribution in [2.45, 2.75) is 103 Å². The maximum absolute atomic E-state index is 12.4. The van der Waals surface area contributed by atoms with Crippen LogP contribution in [0.4, 0.5) is 0 Å². The van der Waals surface area contributed by atoms with Gasteiger partial charge in [0.2, 0.25) is 0 Å². The Kier molecular flexibility index (Phi) is 20.9. The summed E-state index contributed by atoms with van der Waals surface area (Å²) in [5.41, 5.74) is 0. The fourth-order valence-electron chi connectivity index (χ4n) is 3.37. The second-order valence-corrected chi connectivity index (χ2v) is 11.9. The SMILES string of the molecule is C/C=C\CCCCCCCC(=O)O[C@H](COC(=O)CCCCCCC)COP(=O)(O)OCC[N+](C)(C)C. The van der Waals surface area contributed by atoms with Crippen molar-refractivity contribution in [1.29, 1.82) is 0 Å². The molecule has 2 atom stereocenters. The minimum Gasteiger partial charge on any atom is -0.462 e. The number of phosphoric ester groups is 1. The topological polar surface area (TPSA) is 108 Å². The van der Waals surface area contributed by atoms with Gasteiger partial charge in [-0.2, -0.15) is 0 Å². The van der Waals surface area contributed by atoms with E-state index in [2.05, 4.69) is 13.0 Å². The third kappa shape index (κ3) is 24.8. The molecule has 0 saturated heterocycles. The normalized spacial score (nSPS) is 14.4. The number of carbonyl (C=O) groups excluding carboxylic acids is 2. The zero-order valence-corrected chi connectivity index (χ0v) is 24.8. The Morgan fingerprint density at radius 1 is 0.865 bits per heavy atom. The van der Waals surface area contributed by atoms with Crippen molar-refractivity contribution < 1.29 is 42.1 Å². The summed E-state index contributed by atoms with van der Waals surface area (Å²) in [7, 11) is 1.46. The van der Waals surface area contributed by atoms with Crippen molar-refractivity contribution in [3.8, 4) is 0 Å².